The lowest BCUT2D eigenvalue weighted by Gasteiger charge is -2.01. The Hall–Kier alpha value is -2.01. The Morgan fingerprint density at radius 2 is 1.95 bits per heavy atom. The normalized spacial score (nSPS) is 11.0. The van der Waals surface area contributed by atoms with E-state index >= 15 is 0 Å². The van der Waals surface area contributed by atoms with E-state index in [1.54, 1.807) is 19.1 Å². The molecule has 0 aliphatic carbocycles. The van der Waals surface area contributed by atoms with E-state index in [0.29, 0.717) is 11.1 Å². The number of carbonyl (C=O) groups is 1. The van der Waals surface area contributed by atoms with E-state index in [1.165, 1.54) is 12.1 Å². The first-order chi connectivity index (χ1) is 9.99. The second kappa shape index (κ2) is 5.07. The Kier molecular flexibility index (Phi) is 3.37. The Labute approximate surface area is 127 Å². The van der Waals surface area contributed by atoms with Crippen LogP contribution in [0.3, 0.4) is 0 Å². The van der Waals surface area contributed by atoms with Crippen LogP contribution in [0.5, 0.6) is 0 Å². The molecule has 21 heavy (non-hydrogen) atoms. The maximum Gasteiger partial charge on any atom is 0.231 e. The topological polar surface area (TPSA) is 30.2 Å². The Balaban J connectivity index is 2.18. The van der Waals surface area contributed by atoms with Gasteiger partial charge in [0.1, 0.15) is 5.58 Å². The minimum atomic E-state index is -1.16. The van der Waals surface area contributed by atoms with Gasteiger partial charge in [-0.25, -0.2) is 8.78 Å². The number of halogens is 3. The number of rotatable bonds is 2. The first kappa shape index (κ1) is 13.9. The number of furan rings is 1. The minimum Gasteiger partial charge on any atom is -0.452 e. The van der Waals surface area contributed by atoms with E-state index < -0.39 is 17.4 Å². The van der Waals surface area contributed by atoms with E-state index in [4.69, 9.17) is 4.42 Å². The van der Waals surface area contributed by atoms with Crippen LogP contribution in [-0.4, -0.2) is 5.78 Å². The molecule has 0 saturated carbocycles. The summed E-state index contributed by atoms with van der Waals surface area (Å²) in [5.41, 5.74) is 0.784. The van der Waals surface area contributed by atoms with Gasteiger partial charge in [0.05, 0.1) is 5.56 Å². The zero-order valence-corrected chi connectivity index (χ0v) is 12.5. The quantitative estimate of drug-likeness (QED) is 0.608. The van der Waals surface area contributed by atoms with E-state index in [0.717, 1.165) is 15.9 Å². The van der Waals surface area contributed by atoms with Crippen molar-refractivity contribution in [3.8, 4) is 0 Å². The van der Waals surface area contributed by atoms with Gasteiger partial charge in [-0.05, 0) is 37.3 Å². The van der Waals surface area contributed by atoms with E-state index in [1.807, 2.05) is 6.07 Å². The van der Waals surface area contributed by atoms with Gasteiger partial charge in [-0.15, -0.1) is 0 Å². The van der Waals surface area contributed by atoms with Crippen molar-refractivity contribution in [3.63, 3.8) is 0 Å². The molecule has 1 heterocycles. The number of ketones is 1. The first-order valence-electron chi connectivity index (χ1n) is 6.16. The van der Waals surface area contributed by atoms with Crippen LogP contribution in [-0.2, 0) is 0 Å². The summed E-state index contributed by atoms with van der Waals surface area (Å²) in [6, 6.07) is 8.80. The maximum atomic E-state index is 13.7. The average molecular weight is 351 g/mol. The molecule has 0 radical (unpaired) electrons. The highest BCUT2D eigenvalue weighted by Crippen LogP contribution is 2.30. The molecule has 3 rings (SSSR count). The predicted molar refractivity (Wildman–Crippen MR) is 78.4 cm³/mol. The minimum absolute atomic E-state index is 0.0209. The van der Waals surface area contributed by atoms with E-state index in [9.17, 15) is 13.6 Å². The molecule has 0 unspecified atom stereocenters. The van der Waals surface area contributed by atoms with Crippen molar-refractivity contribution in [3.05, 3.63) is 69.4 Å². The van der Waals surface area contributed by atoms with Gasteiger partial charge in [0, 0.05) is 15.4 Å². The highest BCUT2D eigenvalue weighted by atomic mass is 79.9. The zero-order chi connectivity index (χ0) is 15.1. The standard InChI is InChI=1S/C16H9BrF2O2/c1-8-11-7-9(17)5-6-13(11)21-16(8)15(20)10-3-2-4-12(18)14(10)19/h2-7H,1H3. The molecular weight excluding hydrogens is 342 g/mol. The van der Waals surface area contributed by atoms with Gasteiger partial charge in [-0.3, -0.25) is 4.79 Å². The number of hydrogen-bond acceptors (Lipinski definition) is 2. The third-order valence-corrected chi connectivity index (χ3v) is 3.79. The summed E-state index contributed by atoms with van der Waals surface area (Å²) in [6.07, 6.45) is 0. The molecule has 2 nitrogen and oxygen atoms in total. The molecule has 0 atom stereocenters. The fourth-order valence-electron chi connectivity index (χ4n) is 2.21. The summed E-state index contributed by atoms with van der Waals surface area (Å²) in [4.78, 5) is 12.4. The molecule has 5 heteroatoms. The smallest absolute Gasteiger partial charge is 0.231 e. The number of hydrogen-bond donors (Lipinski definition) is 0. The summed E-state index contributed by atoms with van der Waals surface area (Å²) in [5.74, 6) is -2.87. The van der Waals surface area contributed by atoms with Crippen molar-refractivity contribution < 1.29 is 18.0 Å². The molecule has 0 aliphatic rings. The summed E-state index contributed by atoms with van der Waals surface area (Å²) >= 11 is 3.34. The lowest BCUT2D eigenvalue weighted by molar-refractivity contribution is 0.101. The molecule has 0 N–H and O–H groups in total. The van der Waals surface area contributed by atoms with Crippen molar-refractivity contribution in [2.45, 2.75) is 6.92 Å². The molecule has 0 amide bonds. The van der Waals surface area contributed by atoms with Gasteiger partial charge in [0.25, 0.3) is 0 Å². The molecule has 2 aromatic carbocycles. The third-order valence-electron chi connectivity index (χ3n) is 3.30. The van der Waals surface area contributed by atoms with Gasteiger partial charge in [-0.1, -0.05) is 22.0 Å². The molecule has 0 spiro atoms. The fourth-order valence-corrected chi connectivity index (χ4v) is 2.57. The van der Waals surface area contributed by atoms with Crippen LogP contribution in [0.4, 0.5) is 8.78 Å². The van der Waals surface area contributed by atoms with Crippen LogP contribution >= 0.6 is 15.9 Å². The maximum absolute atomic E-state index is 13.7. The monoisotopic (exact) mass is 350 g/mol. The lowest BCUT2D eigenvalue weighted by atomic mass is 10.0. The van der Waals surface area contributed by atoms with Gasteiger partial charge >= 0.3 is 0 Å². The van der Waals surface area contributed by atoms with Gasteiger partial charge in [0.15, 0.2) is 17.4 Å². The first-order valence-corrected chi connectivity index (χ1v) is 6.95. The van der Waals surface area contributed by atoms with Crippen molar-refractivity contribution in [1.82, 2.24) is 0 Å². The number of aryl methyl sites for hydroxylation is 1. The Morgan fingerprint density at radius 3 is 2.71 bits per heavy atom. The molecule has 0 bridgehead atoms. The van der Waals surface area contributed by atoms with Crippen LogP contribution in [0.15, 0.2) is 45.3 Å². The summed E-state index contributed by atoms with van der Waals surface area (Å²) in [7, 11) is 0. The Morgan fingerprint density at radius 1 is 1.19 bits per heavy atom. The van der Waals surface area contributed by atoms with Crippen LogP contribution in [0.1, 0.15) is 21.7 Å². The highest BCUT2D eigenvalue weighted by molar-refractivity contribution is 9.10. The summed E-state index contributed by atoms with van der Waals surface area (Å²) in [6.45, 7) is 1.71. The molecule has 3 aromatic rings. The van der Waals surface area contributed by atoms with Crippen molar-refractivity contribution in [2.24, 2.45) is 0 Å². The van der Waals surface area contributed by atoms with E-state index in [-0.39, 0.29) is 11.3 Å². The van der Waals surface area contributed by atoms with Crippen molar-refractivity contribution in [2.75, 3.05) is 0 Å². The van der Waals surface area contributed by atoms with Crippen molar-refractivity contribution in [1.29, 1.82) is 0 Å². The van der Waals surface area contributed by atoms with Gasteiger partial charge in [0.2, 0.25) is 5.78 Å². The van der Waals surface area contributed by atoms with Gasteiger partial charge in [-0.2, -0.15) is 0 Å². The second-order valence-corrected chi connectivity index (χ2v) is 5.54. The molecule has 0 saturated heterocycles. The number of benzene rings is 2. The van der Waals surface area contributed by atoms with Crippen LogP contribution in [0.2, 0.25) is 0 Å². The predicted octanol–water partition coefficient (Wildman–Crippen LogP) is 5.01. The second-order valence-electron chi connectivity index (χ2n) is 4.63. The lowest BCUT2D eigenvalue weighted by Crippen LogP contribution is -2.06. The van der Waals surface area contributed by atoms with Gasteiger partial charge < -0.3 is 4.42 Å². The Bertz CT molecular complexity index is 868. The molecule has 1 aromatic heterocycles. The fraction of sp³-hybridized carbons (Fsp3) is 0.0625. The molecule has 0 fully saturated rings. The summed E-state index contributed by atoms with van der Waals surface area (Å²) < 4.78 is 33.3. The molecule has 0 aliphatic heterocycles. The zero-order valence-electron chi connectivity index (χ0n) is 10.9. The largest absolute Gasteiger partial charge is 0.452 e. The van der Waals surface area contributed by atoms with Crippen LogP contribution < -0.4 is 0 Å². The molecular formula is C16H9BrF2O2. The van der Waals surface area contributed by atoms with Crippen LogP contribution in [0.25, 0.3) is 11.0 Å². The van der Waals surface area contributed by atoms with E-state index in [2.05, 4.69) is 15.9 Å². The van der Waals surface area contributed by atoms with Crippen LogP contribution in [0, 0.1) is 18.6 Å². The number of carbonyl (C=O) groups excluding carboxylic acids is 1. The third kappa shape index (κ3) is 2.27. The highest BCUT2D eigenvalue weighted by Gasteiger charge is 2.23. The van der Waals surface area contributed by atoms with Crippen molar-refractivity contribution >= 4 is 32.7 Å². The number of fused-ring (bicyclic) bond motifs is 1. The molecule has 106 valence electrons. The SMILES string of the molecule is Cc1c(C(=O)c2cccc(F)c2F)oc2ccc(Br)cc12. The summed E-state index contributed by atoms with van der Waals surface area (Å²) in [5, 5.41) is 0.754. The average Bonchev–Trinajstić information content (AvgIpc) is 2.78.